The molecule has 0 N–H and O–H groups in total. The predicted molar refractivity (Wildman–Crippen MR) is 113 cm³/mol. The molecule has 0 unspecified atom stereocenters. The van der Waals surface area contributed by atoms with E-state index in [0.717, 1.165) is 36.2 Å². The SMILES string of the molecule is C[CH2][Sn]([Cl])([CH2]C)[O]c1ccccc1C=Nc1nc2ccc(OC)cc2s1. The third-order valence-corrected chi connectivity index (χ3v) is 16.9. The summed E-state index contributed by atoms with van der Waals surface area (Å²) in [5.74, 6) is 1.63. The molecule has 0 aliphatic heterocycles. The average molecular weight is 496 g/mol. The first-order valence-corrected chi connectivity index (χ1v) is 18.2. The predicted octanol–water partition coefficient (Wildman–Crippen LogP) is 6.16. The van der Waals surface area contributed by atoms with Crippen LogP contribution in [-0.4, -0.2) is 36.0 Å². The molecule has 0 amide bonds. The van der Waals surface area contributed by atoms with Gasteiger partial charge in [-0.25, -0.2) is 0 Å². The second-order valence-electron chi connectivity index (χ2n) is 5.82. The summed E-state index contributed by atoms with van der Waals surface area (Å²) in [4.78, 5) is 9.10. The van der Waals surface area contributed by atoms with E-state index in [9.17, 15) is 0 Å². The quantitative estimate of drug-likeness (QED) is 0.291. The van der Waals surface area contributed by atoms with Crippen LogP contribution in [0.25, 0.3) is 10.2 Å². The molecule has 0 aliphatic carbocycles. The van der Waals surface area contributed by atoms with Crippen molar-refractivity contribution in [2.24, 2.45) is 4.99 Å². The van der Waals surface area contributed by atoms with E-state index in [1.54, 1.807) is 13.3 Å². The molecule has 0 spiro atoms. The Morgan fingerprint density at radius 1 is 1.19 bits per heavy atom. The van der Waals surface area contributed by atoms with Gasteiger partial charge in [0, 0.05) is 0 Å². The number of ether oxygens (including phenoxy) is 1. The zero-order valence-corrected chi connectivity index (χ0v) is 19.5. The monoisotopic (exact) mass is 496 g/mol. The number of fused-ring (bicyclic) bond motifs is 1. The molecule has 1 aromatic heterocycles. The van der Waals surface area contributed by atoms with E-state index in [1.807, 2.05) is 42.5 Å². The molecule has 1 heterocycles. The van der Waals surface area contributed by atoms with Crippen molar-refractivity contribution in [2.75, 3.05) is 7.11 Å². The van der Waals surface area contributed by atoms with E-state index in [-0.39, 0.29) is 0 Å². The van der Waals surface area contributed by atoms with Gasteiger partial charge < -0.3 is 0 Å². The molecule has 3 rings (SSSR count). The molecule has 2 aromatic carbocycles. The Morgan fingerprint density at radius 2 is 1.96 bits per heavy atom. The first-order valence-electron chi connectivity index (χ1n) is 8.52. The topological polar surface area (TPSA) is 43.7 Å². The Kier molecular flexibility index (Phi) is 6.42. The molecular weight excluding hydrogens is 474 g/mol. The number of hydrogen-bond acceptors (Lipinski definition) is 5. The van der Waals surface area contributed by atoms with Crippen LogP contribution in [0.4, 0.5) is 5.13 Å². The van der Waals surface area contributed by atoms with Crippen LogP contribution < -0.4 is 7.81 Å². The van der Waals surface area contributed by atoms with Crippen LogP contribution in [0.15, 0.2) is 47.5 Å². The Hall–Kier alpha value is -1.31. The van der Waals surface area contributed by atoms with Crippen molar-refractivity contribution in [3.05, 3.63) is 48.0 Å². The summed E-state index contributed by atoms with van der Waals surface area (Å²) < 4.78 is 14.4. The van der Waals surface area contributed by atoms with Crippen molar-refractivity contribution in [1.29, 1.82) is 0 Å². The molecule has 4 nitrogen and oxygen atoms in total. The van der Waals surface area contributed by atoms with E-state index in [0.29, 0.717) is 5.13 Å². The molecule has 0 bridgehead atoms. The number of rotatable bonds is 7. The Bertz CT molecular complexity index is 925. The van der Waals surface area contributed by atoms with Gasteiger partial charge in [0.25, 0.3) is 0 Å². The molecule has 0 fully saturated rings. The molecule has 0 saturated heterocycles. The third kappa shape index (κ3) is 4.50. The summed E-state index contributed by atoms with van der Waals surface area (Å²) in [6.45, 7) is 4.22. The number of thiazole rings is 1. The number of methoxy groups -OCH3 is 1. The van der Waals surface area contributed by atoms with Crippen LogP contribution >= 0.6 is 20.3 Å². The van der Waals surface area contributed by atoms with E-state index in [2.05, 4.69) is 23.8 Å². The summed E-state index contributed by atoms with van der Waals surface area (Å²) in [6, 6.07) is 13.7. The van der Waals surface area contributed by atoms with Crippen LogP contribution in [-0.2, 0) is 0 Å². The number of aromatic nitrogens is 1. The van der Waals surface area contributed by atoms with Gasteiger partial charge in [-0.1, -0.05) is 0 Å². The zero-order valence-electron chi connectivity index (χ0n) is 15.0. The van der Waals surface area contributed by atoms with Crippen LogP contribution in [0.1, 0.15) is 19.4 Å². The summed E-state index contributed by atoms with van der Waals surface area (Å²) >= 11 is -1.48. The van der Waals surface area contributed by atoms with Crippen molar-refractivity contribution in [2.45, 2.75) is 22.7 Å². The normalized spacial score (nSPS) is 12.0. The van der Waals surface area contributed by atoms with Crippen molar-refractivity contribution in [1.82, 2.24) is 4.98 Å². The van der Waals surface area contributed by atoms with Gasteiger partial charge in [0.2, 0.25) is 0 Å². The van der Waals surface area contributed by atoms with Crippen molar-refractivity contribution < 1.29 is 7.81 Å². The van der Waals surface area contributed by atoms with Crippen LogP contribution in [0.2, 0.25) is 8.87 Å². The Balaban J connectivity index is 1.87. The van der Waals surface area contributed by atoms with Gasteiger partial charge in [0.1, 0.15) is 0 Å². The second-order valence-corrected chi connectivity index (χ2v) is 21.1. The molecule has 136 valence electrons. The molecule has 0 radical (unpaired) electrons. The summed E-state index contributed by atoms with van der Waals surface area (Å²) in [5, 5.41) is 0.703. The standard InChI is InChI=1S/C15H12N2O2S.2C2H5.ClH.Sn/c1-19-11-6-7-12-14(8-11)20-15(17-12)16-9-10-4-2-3-5-13(10)18;2*1-2;;/h2-9,18H,1H3;2*1H2,2H3;1H;/q;;;;+2/p-2. The molecule has 3 aromatic rings. The number of hydrogen-bond donors (Lipinski definition) is 0. The Morgan fingerprint density at radius 3 is 2.69 bits per heavy atom. The summed E-state index contributed by atoms with van der Waals surface area (Å²) in [7, 11) is 8.39. The van der Waals surface area contributed by atoms with E-state index in [4.69, 9.17) is 16.7 Å². The minimum absolute atomic E-state index is 0.703. The van der Waals surface area contributed by atoms with Gasteiger partial charge in [-0.2, -0.15) is 0 Å². The van der Waals surface area contributed by atoms with Crippen molar-refractivity contribution in [3.8, 4) is 11.5 Å². The molecule has 7 heteroatoms. The van der Waals surface area contributed by atoms with Crippen LogP contribution in [0.3, 0.4) is 0 Å². The zero-order chi connectivity index (χ0) is 18.6. The molecule has 0 aliphatic rings. The fourth-order valence-electron chi connectivity index (χ4n) is 2.47. The van der Waals surface area contributed by atoms with Crippen molar-refractivity contribution >= 4 is 59.5 Å². The first kappa shape index (κ1) is 19.5. The van der Waals surface area contributed by atoms with E-state index < -0.39 is 17.7 Å². The van der Waals surface area contributed by atoms with Gasteiger partial charge in [0.15, 0.2) is 0 Å². The Labute approximate surface area is 166 Å². The summed E-state index contributed by atoms with van der Waals surface area (Å²) in [5.41, 5.74) is 1.84. The maximum atomic E-state index is 6.73. The van der Waals surface area contributed by atoms with Gasteiger partial charge in [-0.15, -0.1) is 0 Å². The number of para-hydroxylation sites is 1. The number of aliphatic imine (C=N–C) groups is 1. The number of benzene rings is 2. The fraction of sp³-hybridized carbons (Fsp3) is 0.263. The summed E-state index contributed by atoms with van der Waals surface area (Å²) in [6.07, 6.45) is 1.80. The van der Waals surface area contributed by atoms with E-state index >= 15 is 0 Å². The van der Waals surface area contributed by atoms with Crippen LogP contribution in [0.5, 0.6) is 11.5 Å². The number of nitrogens with zero attached hydrogens (tertiary/aromatic N) is 2. The number of halogens is 1. The second kappa shape index (κ2) is 8.58. The van der Waals surface area contributed by atoms with Gasteiger partial charge in [-0.3, -0.25) is 0 Å². The maximum absolute atomic E-state index is 6.73. The molecule has 0 saturated carbocycles. The van der Waals surface area contributed by atoms with Gasteiger partial charge in [0.05, 0.1) is 0 Å². The van der Waals surface area contributed by atoms with Gasteiger partial charge in [-0.05, 0) is 0 Å². The minimum atomic E-state index is -3.02. The fourth-order valence-corrected chi connectivity index (χ4v) is 7.77. The molecule has 26 heavy (non-hydrogen) atoms. The van der Waals surface area contributed by atoms with Gasteiger partial charge >= 0.3 is 167 Å². The molecular formula is C19H21ClN2O2SSn. The average Bonchev–Trinajstić information content (AvgIpc) is 3.09. The third-order valence-electron chi connectivity index (χ3n) is 4.17. The van der Waals surface area contributed by atoms with Crippen LogP contribution in [0, 0.1) is 0 Å². The van der Waals surface area contributed by atoms with E-state index in [1.165, 1.54) is 11.3 Å². The molecule has 0 atom stereocenters. The first-order chi connectivity index (χ1) is 12.6. The van der Waals surface area contributed by atoms with Crippen molar-refractivity contribution in [3.63, 3.8) is 0 Å².